The van der Waals surface area contributed by atoms with Gasteiger partial charge in [-0.1, -0.05) is 35.9 Å². The number of halogens is 1. The average molecular weight is 538 g/mol. The van der Waals surface area contributed by atoms with Crippen molar-refractivity contribution in [2.75, 3.05) is 0 Å². The number of esters is 1. The maximum atomic E-state index is 13.0. The molecule has 0 spiro atoms. The van der Waals surface area contributed by atoms with E-state index in [-0.39, 0.29) is 36.0 Å². The summed E-state index contributed by atoms with van der Waals surface area (Å²) in [7, 11) is 0. The molecule has 172 valence electrons. The fourth-order valence-electron chi connectivity index (χ4n) is 7.37. The van der Waals surface area contributed by atoms with Gasteiger partial charge in [0, 0.05) is 25.7 Å². The average Bonchev–Trinajstić information content (AvgIpc) is 2.95. The van der Waals surface area contributed by atoms with Crippen LogP contribution in [0, 0.1) is 0 Å². The summed E-state index contributed by atoms with van der Waals surface area (Å²) in [4.78, 5) is 13.0. The quantitative estimate of drug-likeness (QED) is 0.317. The lowest BCUT2D eigenvalue weighted by Crippen LogP contribution is -3.00. The molecule has 0 amide bonds. The van der Waals surface area contributed by atoms with Gasteiger partial charge in [0.15, 0.2) is 0 Å². The first-order chi connectivity index (χ1) is 14.4. The number of rotatable bonds is 6. The highest BCUT2D eigenvalue weighted by Gasteiger charge is 2.57. The number of piperidine rings is 1. The first kappa shape index (κ1) is 24.8. The molecule has 4 heteroatoms. The third kappa shape index (κ3) is 4.75. The highest BCUT2D eigenvalue weighted by atomic mass is 127. The molecule has 2 heterocycles. The van der Waals surface area contributed by atoms with Crippen LogP contribution >= 0.6 is 0 Å². The van der Waals surface area contributed by atoms with Crippen LogP contribution in [0.1, 0.15) is 91.0 Å². The number of allylic oxidation sites excluding steroid dienone is 1. The Morgan fingerprint density at radius 2 is 1.55 bits per heavy atom. The highest BCUT2D eigenvalue weighted by Crippen LogP contribution is 2.47. The molecule has 31 heavy (non-hydrogen) atoms. The van der Waals surface area contributed by atoms with Crippen molar-refractivity contribution >= 4 is 11.5 Å². The first-order valence-corrected chi connectivity index (χ1v) is 12.3. The van der Waals surface area contributed by atoms with Crippen LogP contribution in [0.4, 0.5) is 0 Å². The maximum absolute atomic E-state index is 13.0. The molecule has 3 nitrogen and oxygen atoms in total. The van der Waals surface area contributed by atoms with Crippen molar-refractivity contribution in [3.05, 3.63) is 41.5 Å². The van der Waals surface area contributed by atoms with Gasteiger partial charge in [-0.3, -0.25) is 4.79 Å². The fourth-order valence-corrected chi connectivity index (χ4v) is 7.37. The normalized spacial score (nSPS) is 27.4. The summed E-state index contributed by atoms with van der Waals surface area (Å²) in [6.07, 6.45) is 9.80. The van der Waals surface area contributed by atoms with Crippen LogP contribution in [0.5, 0.6) is 0 Å². The Kier molecular flexibility index (Phi) is 8.28. The zero-order valence-corrected chi connectivity index (χ0v) is 21.9. The first-order valence-electron chi connectivity index (χ1n) is 12.3. The Balaban J connectivity index is 0.00000272. The minimum absolute atomic E-state index is 0. The van der Waals surface area contributed by atoms with E-state index >= 15 is 0 Å². The van der Waals surface area contributed by atoms with Crippen molar-refractivity contribution in [3.8, 4) is 0 Å². The van der Waals surface area contributed by atoms with E-state index in [1.54, 1.807) is 0 Å². The zero-order valence-electron chi connectivity index (χ0n) is 19.8. The van der Waals surface area contributed by atoms with Gasteiger partial charge in [-0.15, -0.1) is 0 Å². The molecule has 2 bridgehead atoms. The summed E-state index contributed by atoms with van der Waals surface area (Å²) in [5.74, 6) is -0.00109. The van der Waals surface area contributed by atoms with Crippen molar-refractivity contribution in [1.29, 1.82) is 0 Å². The van der Waals surface area contributed by atoms with E-state index in [0.717, 1.165) is 25.7 Å². The molecule has 0 N–H and O–H groups in total. The van der Waals surface area contributed by atoms with Crippen LogP contribution < -0.4 is 24.0 Å². The molecule has 2 fully saturated rings. The third-order valence-electron chi connectivity index (χ3n) is 8.32. The largest absolute Gasteiger partial charge is 1.00 e. The number of hydrogen-bond donors (Lipinski definition) is 0. The van der Waals surface area contributed by atoms with Crippen LogP contribution in [0.3, 0.4) is 0 Å². The van der Waals surface area contributed by atoms with E-state index in [4.69, 9.17) is 4.74 Å². The van der Waals surface area contributed by atoms with E-state index in [2.05, 4.69) is 58.0 Å². The molecule has 3 aliphatic rings. The molecule has 2 saturated heterocycles. The van der Waals surface area contributed by atoms with Crippen molar-refractivity contribution in [1.82, 2.24) is 0 Å². The number of fused-ring (bicyclic) bond motifs is 2. The second kappa shape index (κ2) is 10.4. The lowest BCUT2D eigenvalue weighted by Gasteiger charge is -2.55. The van der Waals surface area contributed by atoms with Gasteiger partial charge in [0.2, 0.25) is 0 Å². The van der Waals surface area contributed by atoms with Crippen molar-refractivity contribution in [2.24, 2.45) is 0 Å². The van der Waals surface area contributed by atoms with E-state index in [1.165, 1.54) is 46.9 Å². The van der Waals surface area contributed by atoms with E-state index < -0.39 is 0 Å². The predicted molar refractivity (Wildman–Crippen MR) is 123 cm³/mol. The van der Waals surface area contributed by atoms with Gasteiger partial charge in [-0.05, 0) is 64.5 Å². The molecule has 1 aliphatic carbocycles. The third-order valence-corrected chi connectivity index (χ3v) is 8.32. The van der Waals surface area contributed by atoms with E-state index in [0.29, 0.717) is 30.6 Å². The molecule has 2 aliphatic heterocycles. The van der Waals surface area contributed by atoms with Crippen LogP contribution in [0.15, 0.2) is 35.9 Å². The number of carbonyl (C=O) groups is 1. The van der Waals surface area contributed by atoms with Gasteiger partial charge in [-0.25, -0.2) is 0 Å². The highest BCUT2D eigenvalue weighted by molar-refractivity contribution is 5.79. The van der Waals surface area contributed by atoms with Gasteiger partial charge >= 0.3 is 5.97 Å². The summed E-state index contributed by atoms with van der Waals surface area (Å²) in [5, 5.41) is 0. The summed E-state index contributed by atoms with van der Waals surface area (Å²) in [6.45, 7) is 9.55. The molecule has 1 unspecified atom stereocenters. The SMILES string of the molecule is CC(C)[N+]1(C(C)C)[C@@H]2CC[C@H]1CC(OC(=O)CC1=C(c3ccccc3)CCCC1)C2.[I-]. The molecule has 0 radical (unpaired) electrons. The number of ether oxygens (including phenoxy) is 1. The minimum atomic E-state index is -0.00109. The van der Waals surface area contributed by atoms with Gasteiger partial charge in [0.25, 0.3) is 0 Å². The van der Waals surface area contributed by atoms with E-state index in [1.807, 2.05) is 0 Å². The summed E-state index contributed by atoms with van der Waals surface area (Å²) in [6, 6.07) is 13.2. The number of hydrogen-bond acceptors (Lipinski definition) is 2. The van der Waals surface area contributed by atoms with E-state index in [9.17, 15) is 4.79 Å². The molecule has 1 aromatic rings. The molecular weight excluding hydrogens is 497 g/mol. The van der Waals surface area contributed by atoms with Crippen LogP contribution in [-0.2, 0) is 9.53 Å². The van der Waals surface area contributed by atoms with Crippen molar-refractivity contribution < 1.29 is 38.0 Å². The summed E-state index contributed by atoms with van der Waals surface area (Å²) < 4.78 is 7.36. The molecular formula is C27H40INO2. The van der Waals surface area contributed by atoms with Gasteiger partial charge in [0.05, 0.1) is 30.6 Å². The molecule has 4 rings (SSSR count). The molecule has 3 atom stereocenters. The second-order valence-corrected chi connectivity index (χ2v) is 10.4. The Hall–Kier alpha value is -0.880. The lowest BCUT2D eigenvalue weighted by molar-refractivity contribution is -1.00. The molecule has 0 aromatic heterocycles. The number of benzene rings is 1. The maximum Gasteiger partial charge on any atom is 0.310 e. The second-order valence-electron chi connectivity index (χ2n) is 10.4. The summed E-state index contributed by atoms with van der Waals surface area (Å²) >= 11 is 0. The van der Waals surface area contributed by atoms with Crippen molar-refractivity contribution in [3.63, 3.8) is 0 Å². The Labute approximate surface area is 206 Å². The van der Waals surface area contributed by atoms with Crippen LogP contribution in [-0.4, -0.2) is 40.7 Å². The van der Waals surface area contributed by atoms with Gasteiger partial charge in [-0.2, -0.15) is 0 Å². The Bertz CT molecular complexity index is 762. The summed E-state index contributed by atoms with van der Waals surface area (Å²) in [5.41, 5.74) is 3.98. The van der Waals surface area contributed by atoms with Crippen LogP contribution in [0.25, 0.3) is 5.57 Å². The number of nitrogens with zero attached hydrogens (tertiary/aromatic N) is 1. The topological polar surface area (TPSA) is 26.3 Å². The molecule has 0 saturated carbocycles. The number of quaternary nitrogens is 1. The minimum Gasteiger partial charge on any atom is -1.00 e. The Morgan fingerprint density at radius 3 is 2.13 bits per heavy atom. The zero-order chi connectivity index (χ0) is 21.3. The van der Waals surface area contributed by atoms with Crippen LogP contribution in [0.2, 0.25) is 0 Å². The molecule has 1 aromatic carbocycles. The fraction of sp³-hybridized carbons (Fsp3) is 0.667. The van der Waals surface area contributed by atoms with Crippen molar-refractivity contribution in [2.45, 2.75) is 116 Å². The number of carbonyl (C=O) groups excluding carboxylic acids is 1. The smallest absolute Gasteiger partial charge is 0.310 e. The lowest BCUT2D eigenvalue weighted by atomic mass is 9.86. The Morgan fingerprint density at radius 1 is 0.968 bits per heavy atom. The predicted octanol–water partition coefficient (Wildman–Crippen LogP) is 3.28. The van der Waals surface area contributed by atoms with Gasteiger partial charge in [0.1, 0.15) is 6.10 Å². The monoisotopic (exact) mass is 537 g/mol. The standard InChI is InChI=1S/C27H40NO2.HI/c1-19(2)28(20(3)4)23-14-15-24(28)18-25(17-23)30-27(29)16-22-12-8-9-13-26(22)21-10-6-5-7-11-21;/h5-7,10-11,19-20,23-25H,8-9,12-18H2,1-4H3;1H/q+1;/p-1/t23-,24+,25?;. The van der Waals surface area contributed by atoms with Gasteiger partial charge < -0.3 is 33.2 Å².